The molecule has 0 saturated heterocycles. The lowest BCUT2D eigenvalue weighted by atomic mass is 9.81. The smallest absolute Gasteiger partial charge is 0.270 e. The predicted molar refractivity (Wildman–Crippen MR) is 114 cm³/mol. The highest BCUT2D eigenvalue weighted by Gasteiger charge is 2.39. The van der Waals surface area contributed by atoms with Crippen molar-refractivity contribution in [1.82, 2.24) is 9.78 Å². The number of aliphatic hydroxyl groups excluding tert-OH is 1. The second kappa shape index (κ2) is 7.10. The second-order valence-electron chi connectivity index (χ2n) is 7.85. The van der Waals surface area contributed by atoms with E-state index < -0.39 is 23.1 Å². The zero-order chi connectivity index (χ0) is 21.7. The minimum atomic E-state index is -0.772. The number of hydrogen-bond donors (Lipinski definition) is 2. The van der Waals surface area contributed by atoms with E-state index in [0.717, 1.165) is 36.1 Å². The predicted octanol–water partition coefficient (Wildman–Crippen LogP) is 4.44. The van der Waals surface area contributed by atoms with E-state index in [-0.39, 0.29) is 11.6 Å². The number of rotatable bonds is 3. The van der Waals surface area contributed by atoms with E-state index in [9.17, 15) is 19.6 Å². The van der Waals surface area contributed by atoms with Gasteiger partial charge in [0.25, 0.3) is 5.91 Å². The third-order valence-corrected chi connectivity index (χ3v) is 6.07. The summed E-state index contributed by atoms with van der Waals surface area (Å²) in [5.74, 6) is -1.57. The first-order valence-electron chi connectivity index (χ1n) is 10.1. The molecule has 1 heterocycles. The fourth-order valence-electron chi connectivity index (χ4n) is 4.80. The van der Waals surface area contributed by atoms with Crippen molar-refractivity contribution in [3.05, 3.63) is 76.2 Å². The van der Waals surface area contributed by atoms with Crippen LogP contribution < -0.4 is 5.32 Å². The molecule has 2 aliphatic rings. The molecule has 1 amide bonds. The Morgan fingerprint density at radius 3 is 2.77 bits per heavy atom. The monoisotopic (exact) mass is 414 g/mol. The van der Waals surface area contributed by atoms with Gasteiger partial charge in [-0.2, -0.15) is 10.4 Å². The van der Waals surface area contributed by atoms with Crippen LogP contribution in [0.5, 0.6) is 0 Å². The number of aryl methyl sites for hydroxylation is 2. The topological polar surface area (TPSA) is 90.9 Å². The summed E-state index contributed by atoms with van der Waals surface area (Å²) in [5.41, 5.74) is 5.60. The molecule has 1 aromatic heterocycles. The molecule has 0 fully saturated rings. The minimum absolute atomic E-state index is 0.0842. The fourth-order valence-corrected chi connectivity index (χ4v) is 4.80. The van der Waals surface area contributed by atoms with E-state index in [1.54, 1.807) is 17.8 Å². The lowest BCUT2D eigenvalue weighted by Crippen LogP contribution is -2.16. The molecule has 0 bridgehead atoms. The van der Waals surface area contributed by atoms with Crippen LogP contribution in [0.4, 0.5) is 10.1 Å². The third-order valence-electron chi connectivity index (χ3n) is 6.07. The first-order valence-corrected chi connectivity index (χ1v) is 10.1. The number of nitriles is 1. The van der Waals surface area contributed by atoms with Crippen molar-refractivity contribution in [3.8, 4) is 17.3 Å². The highest BCUT2D eigenvalue weighted by molar-refractivity contribution is 6.11. The maximum atomic E-state index is 13.1. The number of halogens is 1. The standard InChI is InChI=1S/C24H19FN4O2/c1-29-22-17-7-3-5-13-4-2-6-16(19(13)17)20(22)21(28-29)23(30)18(12-26)24(31)27-15-10-8-14(25)9-11-15/h3,5,7-11,16,30H,2,4,6H2,1H3,(H,27,31)/b23-18-. The molecule has 2 aliphatic carbocycles. The van der Waals surface area contributed by atoms with E-state index in [4.69, 9.17) is 0 Å². The van der Waals surface area contributed by atoms with E-state index in [2.05, 4.69) is 22.5 Å². The van der Waals surface area contributed by atoms with Gasteiger partial charge in [-0.15, -0.1) is 0 Å². The number of nitrogens with zero attached hydrogens (tertiary/aromatic N) is 3. The summed E-state index contributed by atoms with van der Waals surface area (Å²) in [4.78, 5) is 12.7. The largest absolute Gasteiger partial charge is 0.504 e. The summed E-state index contributed by atoms with van der Waals surface area (Å²) in [6.45, 7) is 0. The zero-order valence-corrected chi connectivity index (χ0v) is 16.8. The van der Waals surface area contributed by atoms with E-state index in [1.165, 1.54) is 35.4 Å². The summed E-state index contributed by atoms with van der Waals surface area (Å²) >= 11 is 0. The number of nitrogens with one attached hydrogen (secondary N) is 1. The van der Waals surface area contributed by atoms with Crippen LogP contribution >= 0.6 is 0 Å². The highest BCUT2D eigenvalue weighted by Crippen LogP contribution is 2.52. The first-order chi connectivity index (χ1) is 15.0. The van der Waals surface area contributed by atoms with Gasteiger partial charge < -0.3 is 10.4 Å². The Morgan fingerprint density at radius 2 is 2.03 bits per heavy atom. The van der Waals surface area contributed by atoms with Gasteiger partial charge in [0.05, 0.1) is 5.69 Å². The van der Waals surface area contributed by atoms with Crippen molar-refractivity contribution in [2.24, 2.45) is 7.05 Å². The van der Waals surface area contributed by atoms with Crippen LogP contribution in [0.2, 0.25) is 0 Å². The maximum Gasteiger partial charge on any atom is 0.270 e. The van der Waals surface area contributed by atoms with Crippen molar-refractivity contribution < 1.29 is 14.3 Å². The van der Waals surface area contributed by atoms with Gasteiger partial charge in [-0.1, -0.05) is 18.2 Å². The molecule has 3 aromatic rings. The Balaban J connectivity index is 1.59. The normalized spacial score (nSPS) is 16.7. The third kappa shape index (κ3) is 2.91. The van der Waals surface area contributed by atoms with Crippen LogP contribution in [0.1, 0.15) is 41.1 Å². The lowest BCUT2D eigenvalue weighted by Gasteiger charge is -2.22. The van der Waals surface area contributed by atoms with Crippen LogP contribution in [0.3, 0.4) is 0 Å². The molecule has 31 heavy (non-hydrogen) atoms. The molecule has 154 valence electrons. The summed E-state index contributed by atoms with van der Waals surface area (Å²) in [6, 6.07) is 13.2. The second-order valence-corrected chi connectivity index (χ2v) is 7.85. The van der Waals surface area contributed by atoms with Crippen LogP contribution in [-0.2, 0) is 18.3 Å². The highest BCUT2D eigenvalue weighted by atomic mass is 19.1. The summed E-state index contributed by atoms with van der Waals surface area (Å²) in [6.07, 6.45) is 2.96. The Labute approximate surface area is 178 Å². The molecule has 2 aromatic carbocycles. The van der Waals surface area contributed by atoms with Crippen LogP contribution in [0.25, 0.3) is 17.0 Å². The summed E-state index contributed by atoms with van der Waals surface area (Å²) in [7, 11) is 1.80. The number of anilines is 1. The van der Waals surface area contributed by atoms with E-state index in [1.807, 2.05) is 6.07 Å². The van der Waals surface area contributed by atoms with Crippen LogP contribution in [0, 0.1) is 17.1 Å². The quantitative estimate of drug-likeness (QED) is 0.377. The van der Waals surface area contributed by atoms with Gasteiger partial charge in [0, 0.05) is 29.8 Å². The zero-order valence-electron chi connectivity index (χ0n) is 16.8. The van der Waals surface area contributed by atoms with Crippen molar-refractivity contribution >= 4 is 17.4 Å². The Kier molecular flexibility index (Phi) is 4.36. The van der Waals surface area contributed by atoms with Crippen molar-refractivity contribution in [2.75, 3.05) is 5.32 Å². The number of amides is 1. The summed E-state index contributed by atoms with van der Waals surface area (Å²) < 4.78 is 14.8. The molecule has 5 rings (SSSR count). The van der Waals surface area contributed by atoms with Gasteiger partial charge >= 0.3 is 0 Å². The van der Waals surface area contributed by atoms with Crippen molar-refractivity contribution in [2.45, 2.75) is 25.2 Å². The molecule has 1 unspecified atom stereocenters. The average Bonchev–Trinajstić information content (AvgIpc) is 3.28. The van der Waals surface area contributed by atoms with Gasteiger partial charge in [0.2, 0.25) is 0 Å². The Bertz CT molecular complexity index is 1300. The number of fused-ring (bicyclic) bond motifs is 3. The van der Waals surface area contributed by atoms with Gasteiger partial charge in [-0.25, -0.2) is 4.39 Å². The first kappa shape index (κ1) is 19.1. The molecule has 0 spiro atoms. The SMILES string of the molecule is Cn1nc(/C(O)=C(\C#N)C(=O)Nc2ccc(F)cc2)c2c1-c1cccc3c1C2CCC3. The Hall–Kier alpha value is -3.92. The molecule has 7 heteroatoms. The number of carbonyl (C=O) groups is 1. The van der Waals surface area contributed by atoms with Crippen molar-refractivity contribution in [1.29, 1.82) is 5.26 Å². The van der Waals surface area contributed by atoms with Gasteiger partial charge in [0.15, 0.2) is 11.3 Å². The number of hydrogen-bond acceptors (Lipinski definition) is 4. The van der Waals surface area contributed by atoms with Crippen molar-refractivity contribution in [3.63, 3.8) is 0 Å². The molecule has 0 aliphatic heterocycles. The minimum Gasteiger partial charge on any atom is -0.504 e. The van der Waals surface area contributed by atoms with E-state index in [0.29, 0.717) is 5.69 Å². The molecule has 2 N–H and O–H groups in total. The molecular weight excluding hydrogens is 395 g/mol. The molecule has 0 saturated carbocycles. The number of aromatic nitrogens is 2. The summed E-state index contributed by atoms with van der Waals surface area (Å²) in [5, 5.41) is 27.6. The molecular formula is C24H19FN4O2. The number of carbonyl (C=O) groups excluding carboxylic acids is 1. The molecule has 1 atom stereocenters. The van der Waals surface area contributed by atoms with Gasteiger partial charge in [-0.05, 0) is 54.7 Å². The maximum absolute atomic E-state index is 13.1. The fraction of sp³-hybridized carbons (Fsp3) is 0.208. The lowest BCUT2D eigenvalue weighted by molar-refractivity contribution is -0.112. The van der Waals surface area contributed by atoms with E-state index >= 15 is 0 Å². The van der Waals surface area contributed by atoms with Crippen LogP contribution in [-0.4, -0.2) is 20.8 Å². The van der Waals surface area contributed by atoms with Gasteiger partial charge in [-0.3, -0.25) is 9.48 Å². The Morgan fingerprint density at radius 1 is 1.26 bits per heavy atom. The van der Waals surface area contributed by atoms with Crippen LogP contribution in [0.15, 0.2) is 48.0 Å². The average molecular weight is 414 g/mol. The number of benzene rings is 2. The number of aliphatic hydroxyl groups is 1. The molecule has 6 nitrogen and oxygen atoms in total. The van der Waals surface area contributed by atoms with Gasteiger partial charge in [0.1, 0.15) is 17.6 Å². The molecule has 0 radical (unpaired) electrons.